The van der Waals surface area contributed by atoms with Crippen molar-refractivity contribution in [3.63, 3.8) is 0 Å². The predicted octanol–water partition coefficient (Wildman–Crippen LogP) is 4.79. The molecule has 150 valence electrons. The van der Waals surface area contributed by atoms with Gasteiger partial charge in [0.15, 0.2) is 5.82 Å². The molecule has 2 aromatic heterocycles. The van der Waals surface area contributed by atoms with E-state index in [2.05, 4.69) is 26.8 Å². The number of rotatable bonds is 6. The van der Waals surface area contributed by atoms with Crippen molar-refractivity contribution in [1.29, 1.82) is 0 Å². The fourth-order valence-electron chi connectivity index (χ4n) is 4.21. The van der Waals surface area contributed by atoms with Gasteiger partial charge >= 0.3 is 0 Å². The zero-order valence-electron chi connectivity index (χ0n) is 18.1. The topological polar surface area (TPSA) is 48.5 Å². The van der Waals surface area contributed by atoms with Crippen LogP contribution < -0.4 is 10.3 Å². The summed E-state index contributed by atoms with van der Waals surface area (Å²) in [6, 6.07) is 6.17. The number of hydrogen-bond donors (Lipinski definition) is 0. The van der Waals surface area contributed by atoms with Crippen LogP contribution in [-0.2, 0) is 13.5 Å². The van der Waals surface area contributed by atoms with Crippen LogP contribution in [0.4, 0.5) is 0 Å². The molecule has 0 aliphatic carbocycles. The summed E-state index contributed by atoms with van der Waals surface area (Å²) in [4.78, 5) is 13.4. The Hall–Kier alpha value is -2.56. The highest BCUT2D eigenvalue weighted by atomic mass is 16.5. The summed E-state index contributed by atoms with van der Waals surface area (Å²) in [6.45, 7) is 10.5. The minimum atomic E-state index is 0.0114. The van der Waals surface area contributed by atoms with Gasteiger partial charge in [-0.3, -0.25) is 9.36 Å². The first-order valence-corrected chi connectivity index (χ1v) is 10.1. The first kappa shape index (κ1) is 20.2. The van der Waals surface area contributed by atoms with Crippen molar-refractivity contribution < 1.29 is 4.74 Å². The molecule has 3 rings (SSSR count). The molecule has 0 spiro atoms. The molecule has 0 aliphatic rings. The van der Waals surface area contributed by atoms with E-state index in [-0.39, 0.29) is 5.56 Å². The van der Waals surface area contributed by atoms with Gasteiger partial charge in [0.05, 0.1) is 7.11 Å². The predicted molar refractivity (Wildman–Crippen MR) is 115 cm³/mol. The number of ether oxygens (including phenoxy) is 1. The molecule has 0 fully saturated rings. The summed E-state index contributed by atoms with van der Waals surface area (Å²) in [7, 11) is 3.50. The lowest BCUT2D eigenvalue weighted by Gasteiger charge is -2.17. The fraction of sp³-hybridized carbons (Fsp3) is 0.478. The largest absolute Gasteiger partial charge is 0.497 e. The molecule has 0 bridgehead atoms. The third-order valence-electron chi connectivity index (χ3n) is 5.86. The van der Waals surface area contributed by atoms with E-state index in [0.29, 0.717) is 17.3 Å². The van der Waals surface area contributed by atoms with E-state index in [4.69, 9.17) is 9.84 Å². The number of aromatic nitrogens is 3. The highest BCUT2D eigenvalue weighted by Gasteiger charge is 2.22. The highest BCUT2D eigenvalue weighted by Crippen LogP contribution is 2.32. The minimum absolute atomic E-state index is 0.0114. The lowest BCUT2D eigenvalue weighted by atomic mass is 9.95. The highest BCUT2D eigenvalue weighted by molar-refractivity contribution is 5.68. The third kappa shape index (κ3) is 3.13. The van der Waals surface area contributed by atoms with E-state index in [0.717, 1.165) is 53.0 Å². The molecular weight excluding hydrogens is 350 g/mol. The van der Waals surface area contributed by atoms with Crippen molar-refractivity contribution in [3.8, 4) is 17.1 Å². The molecule has 0 amide bonds. The molecule has 2 heterocycles. The van der Waals surface area contributed by atoms with E-state index in [1.54, 1.807) is 11.7 Å². The van der Waals surface area contributed by atoms with Crippen molar-refractivity contribution in [1.82, 2.24) is 14.2 Å². The van der Waals surface area contributed by atoms with Gasteiger partial charge < -0.3 is 4.74 Å². The van der Waals surface area contributed by atoms with Gasteiger partial charge in [0.25, 0.3) is 5.56 Å². The second kappa shape index (κ2) is 7.82. The van der Waals surface area contributed by atoms with Crippen LogP contribution in [0.2, 0.25) is 0 Å². The Morgan fingerprint density at radius 2 is 1.79 bits per heavy atom. The zero-order chi connectivity index (χ0) is 20.6. The summed E-state index contributed by atoms with van der Waals surface area (Å²) in [5.74, 6) is 1.90. The van der Waals surface area contributed by atoms with Gasteiger partial charge in [0, 0.05) is 18.3 Å². The molecule has 5 nitrogen and oxygen atoms in total. The van der Waals surface area contributed by atoms with Crippen molar-refractivity contribution in [3.05, 3.63) is 50.9 Å². The molecule has 0 saturated heterocycles. The van der Waals surface area contributed by atoms with E-state index in [9.17, 15) is 4.79 Å². The monoisotopic (exact) mass is 381 g/mol. The Morgan fingerprint density at radius 3 is 2.36 bits per heavy atom. The number of hydrogen-bond acceptors (Lipinski definition) is 3. The maximum atomic E-state index is 13.4. The average molecular weight is 382 g/mol. The summed E-state index contributed by atoms with van der Waals surface area (Å²) in [5.41, 5.74) is 6.04. The van der Waals surface area contributed by atoms with Gasteiger partial charge in [0.2, 0.25) is 0 Å². The molecule has 0 unspecified atom stereocenters. The molecule has 0 radical (unpaired) electrons. The normalized spacial score (nSPS) is 11.6. The van der Waals surface area contributed by atoms with Gasteiger partial charge in [-0.25, -0.2) is 4.52 Å². The molecule has 0 saturated carbocycles. The van der Waals surface area contributed by atoms with E-state index in [1.165, 1.54) is 0 Å². The van der Waals surface area contributed by atoms with Gasteiger partial charge in [-0.05, 0) is 73.9 Å². The molecule has 5 heteroatoms. The van der Waals surface area contributed by atoms with E-state index < -0.39 is 0 Å². The van der Waals surface area contributed by atoms with Gasteiger partial charge in [-0.1, -0.05) is 20.8 Å². The number of methoxy groups -OCH3 is 1. The van der Waals surface area contributed by atoms with E-state index >= 15 is 0 Å². The Labute approximate surface area is 167 Å². The van der Waals surface area contributed by atoms with Crippen LogP contribution in [0.1, 0.15) is 61.9 Å². The Balaban J connectivity index is 2.36. The maximum Gasteiger partial charge on any atom is 0.278 e. The Bertz CT molecular complexity index is 1070. The van der Waals surface area contributed by atoms with Crippen molar-refractivity contribution in [2.75, 3.05) is 7.11 Å². The molecule has 1 aromatic carbocycles. The first-order valence-electron chi connectivity index (χ1n) is 10.1. The lowest BCUT2D eigenvalue weighted by molar-refractivity contribution is 0.414. The number of nitrogens with zero attached hydrogens (tertiary/aromatic N) is 3. The number of aryl methyl sites for hydroxylation is 3. The Morgan fingerprint density at radius 1 is 1.11 bits per heavy atom. The second-order valence-electron chi connectivity index (χ2n) is 7.53. The van der Waals surface area contributed by atoms with Crippen LogP contribution >= 0.6 is 0 Å². The minimum Gasteiger partial charge on any atom is -0.497 e. The Kier molecular flexibility index (Phi) is 5.64. The van der Waals surface area contributed by atoms with Gasteiger partial charge in [-0.2, -0.15) is 0 Å². The van der Waals surface area contributed by atoms with Crippen LogP contribution in [0, 0.1) is 13.8 Å². The molecule has 3 aromatic rings. The summed E-state index contributed by atoms with van der Waals surface area (Å²) < 4.78 is 8.98. The molecule has 0 aliphatic heterocycles. The van der Waals surface area contributed by atoms with Crippen LogP contribution in [0.5, 0.6) is 5.75 Å². The standard InChI is InChI=1S/C23H31N3O2/c1-8-16(9-2)19-12-15(5)26-21(19)23(27)25(6)22(24-26)20-14(4)11-18(28-7)13-17(20)10-3/h11-13,16H,8-10H2,1-7H3. The van der Waals surface area contributed by atoms with Crippen molar-refractivity contribution in [2.45, 2.75) is 59.8 Å². The first-order chi connectivity index (χ1) is 13.4. The van der Waals surface area contributed by atoms with E-state index in [1.807, 2.05) is 37.5 Å². The quantitative estimate of drug-likeness (QED) is 0.617. The second-order valence-corrected chi connectivity index (χ2v) is 7.53. The van der Waals surface area contributed by atoms with Crippen LogP contribution in [0.3, 0.4) is 0 Å². The van der Waals surface area contributed by atoms with Crippen LogP contribution in [0.25, 0.3) is 16.9 Å². The molecule has 0 atom stereocenters. The maximum absolute atomic E-state index is 13.4. The fourth-order valence-corrected chi connectivity index (χ4v) is 4.21. The van der Waals surface area contributed by atoms with Crippen molar-refractivity contribution >= 4 is 5.52 Å². The molecular formula is C23H31N3O2. The summed E-state index contributed by atoms with van der Waals surface area (Å²) in [6.07, 6.45) is 2.86. The number of benzene rings is 1. The SMILES string of the molecule is CCc1cc(OC)cc(C)c1-c1nn2c(C)cc(C(CC)CC)c2c(=O)n1C. The smallest absolute Gasteiger partial charge is 0.278 e. The van der Waals surface area contributed by atoms with Gasteiger partial charge in [0.1, 0.15) is 11.3 Å². The summed E-state index contributed by atoms with van der Waals surface area (Å²) in [5, 5.41) is 4.94. The number of fused-ring (bicyclic) bond motifs is 1. The molecule has 28 heavy (non-hydrogen) atoms. The molecule has 0 N–H and O–H groups in total. The lowest BCUT2D eigenvalue weighted by Crippen LogP contribution is -2.25. The van der Waals surface area contributed by atoms with Crippen molar-refractivity contribution in [2.24, 2.45) is 7.05 Å². The zero-order valence-corrected chi connectivity index (χ0v) is 18.1. The summed E-state index contributed by atoms with van der Waals surface area (Å²) >= 11 is 0. The third-order valence-corrected chi connectivity index (χ3v) is 5.86. The van der Waals surface area contributed by atoms with Gasteiger partial charge in [-0.15, -0.1) is 5.10 Å². The average Bonchev–Trinajstić information content (AvgIpc) is 3.01. The van der Waals surface area contributed by atoms with Crippen LogP contribution in [-0.4, -0.2) is 21.3 Å². The van der Waals surface area contributed by atoms with Crippen LogP contribution in [0.15, 0.2) is 23.0 Å².